The van der Waals surface area contributed by atoms with Crippen LogP contribution in [0, 0.1) is 11.7 Å². The minimum absolute atomic E-state index is 0.0214. The highest BCUT2D eigenvalue weighted by Crippen LogP contribution is 2.48. The van der Waals surface area contributed by atoms with Crippen LogP contribution in [0.4, 0.5) is 15.2 Å². The molecule has 4 aromatic rings. The molecule has 0 bridgehead atoms. The number of halogens is 2. The van der Waals surface area contributed by atoms with E-state index < -0.39 is 15.8 Å². The molecule has 7 nitrogen and oxygen atoms in total. The van der Waals surface area contributed by atoms with Gasteiger partial charge in [0.2, 0.25) is 5.91 Å². The summed E-state index contributed by atoms with van der Waals surface area (Å²) in [6, 6.07) is 10.6. The van der Waals surface area contributed by atoms with E-state index in [1.165, 1.54) is 29.5 Å². The third-order valence-corrected chi connectivity index (χ3v) is 8.01. The standard InChI is InChI=1S/C22H16ClFN4O3S2/c23-18-10-25-11-19-17(18)8-21(32-19)27-22(29)16-7-15(16)12-1-4-14(5-2-12)33(30,31)28-20-6-3-13(24)9-26-20/h1-6,8-11,15-16H,7H2,(H,26,28)(H,27,29). The summed E-state index contributed by atoms with van der Waals surface area (Å²) in [5.74, 6) is -0.784. The highest BCUT2D eigenvalue weighted by atomic mass is 35.5. The lowest BCUT2D eigenvalue weighted by Crippen LogP contribution is -2.14. The number of carbonyl (C=O) groups is 1. The number of amides is 1. The minimum Gasteiger partial charge on any atom is -0.317 e. The smallest absolute Gasteiger partial charge is 0.263 e. The molecular weight excluding hydrogens is 487 g/mol. The van der Waals surface area contributed by atoms with Gasteiger partial charge in [0.25, 0.3) is 10.0 Å². The van der Waals surface area contributed by atoms with E-state index in [4.69, 9.17) is 11.6 Å². The van der Waals surface area contributed by atoms with E-state index in [0.717, 1.165) is 27.9 Å². The van der Waals surface area contributed by atoms with E-state index in [1.54, 1.807) is 24.5 Å². The van der Waals surface area contributed by atoms with Gasteiger partial charge in [-0.15, -0.1) is 11.3 Å². The SMILES string of the molecule is O=C(Nc1cc2c(Cl)cncc2s1)C1CC1c1ccc(S(=O)(=O)Nc2ccc(F)cn2)cc1. The second-order valence-corrected chi connectivity index (χ2v) is 10.8. The van der Waals surface area contributed by atoms with E-state index in [0.29, 0.717) is 16.4 Å². The largest absolute Gasteiger partial charge is 0.317 e. The molecule has 3 heterocycles. The second-order valence-electron chi connectivity index (χ2n) is 7.62. The van der Waals surface area contributed by atoms with E-state index in [-0.39, 0.29) is 28.5 Å². The van der Waals surface area contributed by atoms with Gasteiger partial charge in [0.15, 0.2) is 0 Å². The molecule has 0 saturated heterocycles. The fourth-order valence-corrected chi connectivity index (χ4v) is 5.82. The summed E-state index contributed by atoms with van der Waals surface area (Å²) >= 11 is 7.56. The van der Waals surface area contributed by atoms with Crippen LogP contribution < -0.4 is 10.0 Å². The number of carbonyl (C=O) groups excluding carboxylic acids is 1. The zero-order valence-corrected chi connectivity index (χ0v) is 19.2. The van der Waals surface area contributed by atoms with Crippen LogP contribution in [-0.4, -0.2) is 24.3 Å². The molecule has 168 valence electrons. The van der Waals surface area contributed by atoms with Crippen molar-refractivity contribution < 1.29 is 17.6 Å². The third kappa shape index (κ3) is 4.54. The van der Waals surface area contributed by atoms with Crippen molar-refractivity contribution >= 4 is 59.8 Å². The molecule has 1 aromatic carbocycles. The van der Waals surface area contributed by atoms with E-state index in [9.17, 15) is 17.6 Å². The van der Waals surface area contributed by atoms with E-state index in [1.807, 2.05) is 6.07 Å². The number of anilines is 2. The molecule has 0 aliphatic heterocycles. The number of benzene rings is 1. The number of aromatic nitrogens is 2. The Kier molecular flexibility index (Phi) is 5.51. The van der Waals surface area contributed by atoms with Gasteiger partial charge >= 0.3 is 0 Å². The van der Waals surface area contributed by atoms with Crippen LogP contribution in [0.1, 0.15) is 17.9 Å². The van der Waals surface area contributed by atoms with Gasteiger partial charge in [-0.05, 0) is 48.2 Å². The second kappa shape index (κ2) is 8.36. The van der Waals surface area contributed by atoms with Gasteiger partial charge in [0, 0.05) is 23.7 Å². The van der Waals surface area contributed by atoms with Crippen LogP contribution in [0.15, 0.2) is 66.0 Å². The summed E-state index contributed by atoms with van der Waals surface area (Å²) in [5, 5.41) is 5.03. The van der Waals surface area contributed by atoms with Crippen molar-refractivity contribution in [3.63, 3.8) is 0 Å². The van der Waals surface area contributed by atoms with Crippen molar-refractivity contribution in [2.75, 3.05) is 10.0 Å². The molecule has 2 atom stereocenters. The first-order chi connectivity index (χ1) is 15.8. The number of fused-ring (bicyclic) bond motifs is 1. The number of sulfonamides is 1. The number of nitrogens with zero attached hydrogens (tertiary/aromatic N) is 2. The highest BCUT2D eigenvalue weighted by Gasteiger charge is 2.44. The van der Waals surface area contributed by atoms with Crippen LogP contribution in [-0.2, 0) is 14.8 Å². The van der Waals surface area contributed by atoms with Crippen LogP contribution in [0.5, 0.6) is 0 Å². The van der Waals surface area contributed by atoms with Crippen molar-refractivity contribution in [2.24, 2.45) is 5.92 Å². The van der Waals surface area contributed by atoms with Crippen LogP contribution in [0.3, 0.4) is 0 Å². The molecule has 1 fully saturated rings. The third-order valence-electron chi connectivity index (χ3n) is 5.36. The lowest BCUT2D eigenvalue weighted by molar-refractivity contribution is -0.117. The van der Waals surface area contributed by atoms with Crippen molar-refractivity contribution in [3.05, 3.63) is 77.5 Å². The Hall–Kier alpha value is -3.08. The number of rotatable bonds is 6. The van der Waals surface area contributed by atoms with Crippen LogP contribution in [0.25, 0.3) is 10.1 Å². The minimum atomic E-state index is -3.86. The van der Waals surface area contributed by atoms with Crippen molar-refractivity contribution in [3.8, 4) is 0 Å². The summed E-state index contributed by atoms with van der Waals surface area (Å²) in [6.45, 7) is 0. The number of thiophene rings is 1. The Bertz CT molecular complexity index is 1460. The zero-order chi connectivity index (χ0) is 23.2. The Balaban J connectivity index is 1.24. The quantitative estimate of drug-likeness (QED) is 0.385. The summed E-state index contributed by atoms with van der Waals surface area (Å²) in [5.41, 5.74) is 0.887. The molecule has 5 rings (SSSR count). The van der Waals surface area contributed by atoms with E-state index >= 15 is 0 Å². The monoisotopic (exact) mass is 502 g/mol. The topological polar surface area (TPSA) is 101 Å². The Morgan fingerprint density at radius 2 is 1.91 bits per heavy atom. The molecule has 1 amide bonds. The molecule has 0 radical (unpaired) electrons. The van der Waals surface area contributed by atoms with Gasteiger partial charge in [-0.3, -0.25) is 14.5 Å². The lowest BCUT2D eigenvalue weighted by atomic mass is 10.1. The predicted molar refractivity (Wildman–Crippen MR) is 126 cm³/mol. The summed E-state index contributed by atoms with van der Waals surface area (Å²) in [4.78, 5) is 20.5. The van der Waals surface area contributed by atoms with E-state index in [2.05, 4.69) is 20.0 Å². The zero-order valence-electron chi connectivity index (χ0n) is 16.8. The Morgan fingerprint density at radius 1 is 1.12 bits per heavy atom. The first kappa shape index (κ1) is 21.7. The number of hydrogen-bond acceptors (Lipinski definition) is 6. The van der Waals surface area contributed by atoms with Gasteiger partial charge in [-0.1, -0.05) is 23.7 Å². The Labute approximate surface area is 197 Å². The van der Waals surface area contributed by atoms with Gasteiger partial charge in [0.05, 0.1) is 25.8 Å². The lowest BCUT2D eigenvalue weighted by Gasteiger charge is -2.08. The Morgan fingerprint density at radius 3 is 2.61 bits per heavy atom. The molecule has 11 heteroatoms. The van der Waals surface area contributed by atoms with Crippen molar-refractivity contribution in [1.29, 1.82) is 0 Å². The van der Waals surface area contributed by atoms with Gasteiger partial charge in [-0.2, -0.15) is 0 Å². The maximum Gasteiger partial charge on any atom is 0.263 e. The first-order valence-corrected chi connectivity index (χ1v) is 12.6. The maximum atomic E-state index is 13.0. The van der Waals surface area contributed by atoms with Crippen LogP contribution >= 0.6 is 22.9 Å². The van der Waals surface area contributed by atoms with Gasteiger partial charge in [-0.25, -0.2) is 17.8 Å². The van der Waals surface area contributed by atoms with Crippen molar-refractivity contribution in [2.45, 2.75) is 17.2 Å². The number of hydrogen-bond donors (Lipinski definition) is 2. The molecule has 2 unspecified atom stereocenters. The highest BCUT2D eigenvalue weighted by molar-refractivity contribution is 7.92. The first-order valence-electron chi connectivity index (χ1n) is 9.88. The van der Waals surface area contributed by atoms with Crippen molar-refractivity contribution in [1.82, 2.24) is 9.97 Å². The molecule has 3 aromatic heterocycles. The van der Waals surface area contributed by atoms with Gasteiger partial charge in [0.1, 0.15) is 11.6 Å². The predicted octanol–water partition coefficient (Wildman–Crippen LogP) is 5.03. The fraction of sp³-hybridized carbons (Fsp3) is 0.136. The van der Waals surface area contributed by atoms with Gasteiger partial charge < -0.3 is 5.32 Å². The summed E-state index contributed by atoms with van der Waals surface area (Å²) < 4.78 is 41.2. The average Bonchev–Trinajstić information content (AvgIpc) is 3.49. The molecule has 33 heavy (non-hydrogen) atoms. The average molecular weight is 503 g/mol. The molecule has 2 N–H and O–H groups in total. The molecule has 1 aliphatic rings. The number of pyridine rings is 2. The fourth-order valence-electron chi connectivity index (χ4n) is 3.58. The summed E-state index contributed by atoms with van der Waals surface area (Å²) in [6.07, 6.45) is 4.89. The molecular formula is C22H16ClFN4O3S2. The normalized spacial score (nSPS) is 17.6. The molecule has 1 aliphatic carbocycles. The maximum absolute atomic E-state index is 13.0. The van der Waals surface area contributed by atoms with Crippen LogP contribution in [0.2, 0.25) is 5.02 Å². The molecule has 0 spiro atoms. The molecule has 1 saturated carbocycles. The number of nitrogens with one attached hydrogen (secondary N) is 2. The summed E-state index contributed by atoms with van der Waals surface area (Å²) in [7, 11) is -3.86.